The van der Waals surface area contributed by atoms with Crippen molar-refractivity contribution in [1.29, 1.82) is 5.41 Å². The van der Waals surface area contributed by atoms with Crippen molar-refractivity contribution in [2.24, 2.45) is 14.1 Å². The van der Waals surface area contributed by atoms with E-state index in [4.69, 9.17) is 5.41 Å². The van der Waals surface area contributed by atoms with E-state index in [0.29, 0.717) is 16.6 Å². The summed E-state index contributed by atoms with van der Waals surface area (Å²) >= 11 is 0. The molecule has 5 rings (SSSR count). The van der Waals surface area contributed by atoms with Gasteiger partial charge in [-0.1, -0.05) is 48.5 Å². The zero-order chi connectivity index (χ0) is 29.0. The van der Waals surface area contributed by atoms with Gasteiger partial charge in [0.25, 0.3) is 0 Å². The molecule has 0 amide bonds. The van der Waals surface area contributed by atoms with E-state index in [1.807, 2.05) is 0 Å². The molecular formula is C26H21F6N7O. The van der Waals surface area contributed by atoms with Gasteiger partial charge in [-0.2, -0.15) is 26.3 Å². The molecular weight excluding hydrogens is 540 g/mol. The number of rotatable bonds is 5. The summed E-state index contributed by atoms with van der Waals surface area (Å²) in [5.74, 6) is 0.0753. The highest BCUT2D eigenvalue weighted by atomic mass is 19.4. The Morgan fingerprint density at radius 1 is 0.950 bits per heavy atom. The second-order valence-electron chi connectivity index (χ2n) is 9.16. The van der Waals surface area contributed by atoms with Crippen LogP contribution in [0.2, 0.25) is 0 Å². The molecule has 40 heavy (non-hydrogen) atoms. The number of benzene rings is 2. The maximum absolute atomic E-state index is 13.3. The van der Waals surface area contributed by atoms with E-state index in [0.717, 1.165) is 12.3 Å². The number of aliphatic hydroxyl groups excluding tert-OH is 1. The molecule has 2 aromatic carbocycles. The fourth-order valence-electron chi connectivity index (χ4n) is 4.41. The lowest BCUT2D eigenvalue weighted by Gasteiger charge is -2.17. The maximum atomic E-state index is 13.3. The molecule has 0 fully saturated rings. The molecule has 0 aliphatic rings. The monoisotopic (exact) mass is 561 g/mol. The highest BCUT2D eigenvalue weighted by Gasteiger charge is 2.41. The topological polar surface area (TPSA) is 97.5 Å². The summed E-state index contributed by atoms with van der Waals surface area (Å²) in [6.07, 6.45) is -9.90. The second kappa shape index (κ2) is 9.62. The zero-order valence-electron chi connectivity index (χ0n) is 21.0. The van der Waals surface area contributed by atoms with Gasteiger partial charge in [0.2, 0.25) is 5.62 Å². The van der Waals surface area contributed by atoms with Crippen LogP contribution in [0.15, 0.2) is 60.9 Å². The summed E-state index contributed by atoms with van der Waals surface area (Å²) in [6.45, 7) is 0.133. The van der Waals surface area contributed by atoms with Crippen molar-refractivity contribution in [3.63, 3.8) is 0 Å². The molecule has 208 valence electrons. The first-order valence-corrected chi connectivity index (χ1v) is 11.8. The van der Waals surface area contributed by atoms with Crippen molar-refractivity contribution in [3.8, 4) is 22.8 Å². The van der Waals surface area contributed by atoms with Gasteiger partial charge in [0.05, 0.1) is 12.7 Å². The number of halogens is 6. The summed E-state index contributed by atoms with van der Waals surface area (Å²) in [5.41, 5.74) is 0.499. The lowest BCUT2D eigenvalue weighted by Crippen LogP contribution is -2.23. The zero-order valence-corrected chi connectivity index (χ0v) is 21.0. The Labute approximate surface area is 222 Å². The second-order valence-corrected chi connectivity index (χ2v) is 9.16. The predicted molar refractivity (Wildman–Crippen MR) is 132 cm³/mol. The van der Waals surface area contributed by atoms with E-state index in [-0.39, 0.29) is 35.0 Å². The van der Waals surface area contributed by atoms with Crippen LogP contribution in [-0.4, -0.2) is 39.9 Å². The number of fused-ring (bicyclic) bond motifs is 1. The number of aryl methyl sites for hydroxylation is 2. The molecule has 3 aromatic heterocycles. The van der Waals surface area contributed by atoms with Crippen LogP contribution >= 0.6 is 0 Å². The van der Waals surface area contributed by atoms with Crippen LogP contribution in [0.25, 0.3) is 33.9 Å². The first-order valence-electron chi connectivity index (χ1n) is 11.8. The Bertz CT molecular complexity index is 1760. The molecule has 14 heteroatoms. The van der Waals surface area contributed by atoms with Gasteiger partial charge in [-0.05, 0) is 5.56 Å². The van der Waals surface area contributed by atoms with Crippen LogP contribution < -0.4 is 5.62 Å². The van der Waals surface area contributed by atoms with Crippen LogP contribution in [0.3, 0.4) is 0 Å². The van der Waals surface area contributed by atoms with Gasteiger partial charge in [0.15, 0.2) is 23.3 Å². The maximum Gasteiger partial charge on any atom is 0.434 e. The van der Waals surface area contributed by atoms with Crippen LogP contribution in [0.4, 0.5) is 26.3 Å². The highest BCUT2D eigenvalue weighted by Crippen LogP contribution is 2.37. The molecule has 0 bridgehead atoms. The van der Waals surface area contributed by atoms with Gasteiger partial charge in [-0.15, -0.1) is 0 Å². The lowest BCUT2D eigenvalue weighted by molar-refractivity contribution is -0.206. The quantitative estimate of drug-likeness (QED) is 0.296. The molecule has 3 heterocycles. The van der Waals surface area contributed by atoms with Crippen molar-refractivity contribution >= 4 is 11.2 Å². The van der Waals surface area contributed by atoms with Gasteiger partial charge in [-0.25, -0.2) is 15.0 Å². The van der Waals surface area contributed by atoms with E-state index in [1.54, 1.807) is 31.3 Å². The molecule has 0 spiro atoms. The van der Waals surface area contributed by atoms with Gasteiger partial charge in [-0.3, -0.25) is 9.98 Å². The van der Waals surface area contributed by atoms with Crippen LogP contribution in [0.5, 0.6) is 0 Å². The summed E-state index contributed by atoms with van der Waals surface area (Å²) in [7, 11) is 3.08. The minimum atomic E-state index is -4.89. The number of aromatic nitrogens is 6. The van der Waals surface area contributed by atoms with Crippen LogP contribution in [0, 0.1) is 5.41 Å². The largest absolute Gasteiger partial charge is 0.434 e. The van der Waals surface area contributed by atoms with E-state index in [1.165, 1.54) is 45.1 Å². The third-order valence-corrected chi connectivity index (χ3v) is 6.47. The Balaban J connectivity index is 1.52. The fraction of sp³-hybridized carbons (Fsp3) is 0.231. The third-order valence-electron chi connectivity index (χ3n) is 6.47. The number of alkyl halides is 6. The van der Waals surface area contributed by atoms with E-state index in [2.05, 4.69) is 15.0 Å². The SMILES string of the molecule is Cn1cc(C(F)(F)F)nc1-c1ccc(Cn2c(=N)n(C)c3cnc(-c4ccccc4[C@@H](O)C(F)(F)F)nc32)cc1. The molecule has 5 aromatic rings. The fourth-order valence-corrected chi connectivity index (χ4v) is 4.41. The summed E-state index contributed by atoms with van der Waals surface area (Å²) < 4.78 is 83.3. The van der Waals surface area contributed by atoms with Gasteiger partial charge >= 0.3 is 12.4 Å². The van der Waals surface area contributed by atoms with E-state index >= 15 is 0 Å². The molecule has 0 saturated carbocycles. The van der Waals surface area contributed by atoms with Crippen molar-refractivity contribution in [3.05, 3.63) is 83.4 Å². The number of aliphatic hydroxyl groups is 1. The van der Waals surface area contributed by atoms with Crippen molar-refractivity contribution < 1.29 is 31.4 Å². The number of nitrogens with one attached hydrogen (secondary N) is 1. The summed E-state index contributed by atoms with van der Waals surface area (Å²) in [6, 6.07) is 12.0. The summed E-state index contributed by atoms with van der Waals surface area (Å²) in [4.78, 5) is 12.4. The average molecular weight is 561 g/mol. The van der Waals surface area contributed by atoms with E-state index in [9.17, 15) is 31.4 Å². The number of imidazole rings is 2. The minimum Gasteiger partial charge on any atom is -0.379 e. The van der Waals surface area contributed by atoms with Gasteiger partial charge < -0.3 is 14.2 Å². The Morgan fingerprint density at radius 3 is 2.25 bits per heavy atom. The number of hydrogen-bond donors (Lipinski definition) is 2. The standard InChI is InChI=1S/C26H21F6N7O/c1-37-13-19(25(27,28)29)35-22(37)15-9-7-14(8-10-15)12-39-23-18(38(2)24(39)33)11-34-21(36-23)17-6-4-3-5-16(17)20(40)26(30,31)32/h3-11,13,20,33,40H,12H2,1-2H3/t20-/m1/s1. The number of nitrogens with zero attached hydrogens (tertiary/aromatic N) is 6. The van der Waals surface area contributed by atoms with Gasteiger partial charge in [0.1, 0.15) is 11.3 Å². The molecule has 2 N–H and O–H groups in total. The number of hydrogen-bond acceptors (Lipinski definition) is 5. The molecule has 0 unspecified atom stereocenters. The van der Waals surface area contributed by atoms with Crippen molar-refractivity contribution in [2.45, 2.75) is 25.0 Å². The highest BCUT2D eigenvalue weighted by molar-refractivity contribution is 5.74. The lowest BCUT2D eigenvalue weighted by atomic mass is 10.0. The Morgan fingerprint density at radius 2 is 1.62 bits per heavy atom. The summed E-state index contributed by atoms with van der Waals surface area (Å²) in [5, 5.41) is 18.4. The first kappa shape index (κ1) is 27.1. The van der Waals surface area contributed by atoms with Crippen molar-refractivity contribution in [1.82, 2.24) is 28.7 Å². The first-order chi connectivity index (χ1) is 18.8. The molecule has 0 saturated heterocycles. The molecule has 8 nitrogen and oxygen atoms in total. The average Bonchev–Trinajstić information content (AvgIpc) is 3.41. The predicted octanol–water partition coefficient (Wildman–Crippen LogP) is 4.98. The smallest absolute Gasteiger partial charge is 0.379 e. The van der Waals surface area contributed by atoms with Crippen molar-refractivity contribution in [2.75, 3.05) is 0 Å². The van der Waals surface area contributed by atoms with E-state index < -0.39 is 29.7 Å². The molecule has 1 atom stereocenters. The minimum absolute atomic E-state index is 0.00574. The molecule has 0 radical (unpaired) electrons. The van der Waals surface area contributed by atoms with Crippen LogP contribution in [-0.2, 0) is 26.8 Å². The van der Waals surface area contributed by atoms with Crippen LogP contribution in [0.1, 0.15) is 22.9 Å². The third kappa shape index (κ3) is 4.85. The normalized spacial score (nSPS) is 13.2. The molecule has 0 aliphatic heterocycles. The Kier molecular flexibility index (Phi) is 6.53. The van der Waals surface area contributed by atoms with Gasteiger partial charge in [0, 0.05) is 37.0 Å². The molecule has 0 aliphatic carbocycles. The Hall–Kier alpha value is -4.46.